The highest BCUT2D eigenvalue weighted by Crippen LogP contribution is 2.16. The van der Waals surface area contributed by atoms with Crippen LogP contribution in [0.5, 0.6) is 11.5 Å². The van der Waals surface area contributed by atoms with Crippen molar-refractivity contribution in [2.75, 3.05) is 39.4 Å². The maximum Gasteiger partial charge on any atom is 0.119 e. The third-order valence-electron chi connectivity index (χ3n) is 5.14. The number of β-amino-alcohol motifs (C(OH)–C–C–N with tert-alkyl or cyclic N) is 1. The molecule has 0 aliphatic carbocycles. The number of benzene rings is 2. The van der Waals surface area contributed by atoms with Gasteiger partial charge in [0.05, 0.1) is 0 Å². The monoisotopic (exact) mass is 434 g/mol. The number of nitrogens with one attached hydrogen (secondary N) is 1. The molecule has 3 N–H and O–H groups in total. The van der Waals surface area contributed by atoms with Gasteiger partial charge in [-0.3, -0.25) is 0 Å². The van der Waals surface area contributed by atoms with Crippen molar-refractivity contribution in [1.82, 2.24) is 10.2 Å². The van der Waals surface area contributed by atoms with E-state index in [1.54, 1.807) is 24.3 Å². The van der Waals surface area contributed by atoms with Crippen LogP contribution in [0.25, 0.3) is 0 Å². The van der Waals surface area contributed by atoms with Crippen molar-refractivity contribution in [2.45, 2.75) is 31.1 Å². The van der Waals surface area contributed by atoms with Gasteiger partial charge in [-0.1, -0.05) is 29.8 Å². The van der Waals surface area contributed by atoms with Gasteiger partial charge in [0.2, 0.25) is 0 Å². The normalized spacial score (nSPS) is 17.4. The Kier molecular flexibility index (Phi) is 9.24. The fraction of sp³-hybridized carbons (Fsp3) is 0.478. The molecule has 0 radical (unpaired) electrons. The van der Waals surface area contributed by atoms with Gasteiger partial charge in [0.15, 0.2) is 0 Å². The number of likely N-dealkylation sites (tertiary alicyclic amines) is 1. The van der Waals surface area contributed by atoms with Gasteiger partial charge in [-0.05, 0) is 62.3 Å². The molecule has 0 amide bonds. The van der Waals surface area contributed by atoms with Crippen molar-refractivity contribution in [2.24, 2.45) is 0 Å². The second kappa shape index (κ2) is 12.1. The van der Waals surface area contributed by atoms with Crippen LogP contribution in [0.15, 0.2) is 54.6 Å². The number of para-hydroxylation sites is 1. The highest BCUT2D eigenvalue weighted by molar-refractivity contribution is 6.30. The number of hydrogen-bond acceptors (Lipinski definition) is 6. The molecule has 0 aromatic heterocycles. The first-order valence-corrected chi connectivity index (χ1v) is 10.8. The second-order valence-electron chi connectivity index (χ2n) is 7.68. The molecular weight excluding hydrogens is 404 g/mol. The number of aliphatic hydroxyl groups is 2. The van der Waals surface area contributed by atoms with Gasteiger partial charge in [-0.2, -0.15) is 0 Å². The van der Waals surface area contributed by atoms with Crippen LogP contribution in [-0.2, 0) is 0 Å². The highest BCUT2D eigenvalue weighted by atomic mass is 35.5. The molecule has 2 atom stereocenters. The number of hydrogen-bond donors (Lipinski definition) is 3. The summed E-state index contributed by atoms with van der Waals surface area (Å²) in [7, 11) is 0. The van der Waals surface area contributed by atoms with Crippen LogP contribution < -0.4 is 14.8 Å². The molecule has 0 saturated carbocycles. The predicted molar refractivity (Wildman–Crippen MR) is 118 cm³/mol. The van der Waals surface area contributed by atoms with Crippen LogP contribution in [-0.4, -0.2) is 72.8 Å². The molecule has 1 aliphatic heterocycles. The summed E-state index contributed by atoms with van der Waals surface area (Å²) in [5.41, 5.74) is 0. The molecular formula is C23H31ClN2O4. The summed E-state index contributed by atoms with van der Waals surface area (Å²) in [4.78, 5) is 2.25. The lowest BCUT2D eigenvalue weighted by atomic mass is 10.0. The number of rotatable bonds is 11. The zero-order valence-electron chi connectivity index (χ0n) is 17.1. The Balaban J connectivity index is 1.26. The minimum absolute atomic E-state index is 0.257. The first-order chi connectivity index (χ1) is 14.6. The molecule has 3 rings (SSSR count). The van der Waals surface area contributed by atoms with Gasteiger partial charge >= 0.3 is 0 Å². The minimum atomic E-state index is -0.546. The van der Waals surface area contributed by atoms with E-state index in [0.29, 0.717) is 29.9 Å². The maximum absolute atomic E-state index is 10.3. The van der Waals surface area contributed by atoms with Crippen LogP contribution in [0, 0.1) is 0 Å². The fourth-order valence-electron chi connectivity index (χ4n) is 3.46. The van der Waals surface area contributed by atoms with E-state index in [9.17, 15) is 10.2 Å². The first-order valence-electron chi connectivity index (χ1n) is 10.5. The van der Waals surface area contributed by atoms with E-state index in [4.69, 9.17) is 21.1 Å². The third-order valence-corrected chi connectivity index (χ3v) is 5.39. The topological polar surface area (TPSA) is 74.2 Å². The Morgan fingerprint density at radius 3 is 2.17 bits per heavy atom. The predicted octanol–water partition coefficient (Wildman–Crippen LogP) is 2.57. The standard InChI is InChI=1S/C23H31ClN2O4/c24-18-6-8-23(9-7-18)30-17-21(28)15-26-12-10-19(11-13-26)25-14-20(27)16-29-22-4-2-1-3-5-22/h1-9,19-21,25,27-28H,10-17H2. The number of piperidine rings is 1. The molecule has 2 aromatic carbocycles. The number of aliphatic hydroxyl groups excluding tert-OH is 2. The average molecular weight is 435 g/mol. The molecule has 1 saturated heterocycles. The lowest BCUT2D eigenvalue weighted by molar-refractivity contribution is 0.0556. The van der Waals surface area contributed by atoms with Crippen molar-refractivity contribution in [1.29, 1.82) is 0 Å². The van der Waals surface area contributed by atoms with Crippen LogP contribution >= 0.6 is 11.6 Å². The Hall–Kier alpha value is -1.83. The van der Waals surface area contributed by atoms with Crippen LogP contribution in [0.4, 0.5) is 0 Å². The summed E-state index contributed by atoms with van der Waals surface area (Å²) in [6.07, 6.45) is 0.880. The Labute approximate surface area is 183 Å². The summed E-state index contributed by atoms with van der Waals surface area (Å²) in [5, 5.41) is 24.5. The van der Waals surface area contributed by atoms with E-state index in [1.807, 2.05) is 30.3 Å². The van der Waals surface area contributed by atoms with E-state index in [0.717, 1.165) is 31.7 Å². The Morgan fingerprint density at radius 2 is 1.50 bits per heavy atom. The van der Waals surface area contributed by atoms with E-state index < -0.39 is 12.2 Å². The Bertz CT molecular complexity index is 724. The zero-order valence-corrected chi connectivity index (χ0v) is 17.9. The van der Waals surface area contributed by atoms with Gasteiger partial charge in [-0.15, -0.1) is 0 Å². The number of nitrogens with zero attached hydrogens (tertiary/aromatic N) is 1. The molecule has 2 unspecified atom stereocenters. The lowest BCUT2D eigenvalue weighted by Crippen LogP contribution is -2.47. The largest absolute Gasteiger partial charge is 0.491 e. The van der Waals surface area contributed by atoms with Crippen molar-refractivity contribution < 1.29 is 19.7 Å². The quantitative estimate of drug-likeness (QED) is 0.504. The third kappa shape index (κ3) is 8.13. The van der Waals surface area contributed by atoms with E-state index in [2.05, 4.69) is 10.2 Å². The molecule has 1 aliphatic rings. The maximum atomic E-state index is 10.3. The smallest absolute Gasteiger partial charge is 0.119 e. The van der Waals surface area contributed by atoms with Gasteiger partial charge in [0.1, 0.15) is 36.9 Å². The second-order valence-corrected chi connectivity index (χ2v) is 8.12. The Morgan fingerprint density at radius 1 is 0.900 bits per heavy atom. The van der Waals surface area contributed by atoms with E-state index in [-0.39, 0.29) is 13.2 Å². The van der Waals surface area contributed by atoms with Gasteiger partial charge in [-0.25, -0.2) is 0 Å². The van der Waals surface area contributed by atoms with Crippen LogP contribution in [0.2, 0.25) is 5.02 Å². The molecule has 7 heteroatoms. The molecule has 0 spiro atoms. The van der Waals surface area contributed by atoms with Crippen molar-refractivity contribution in [3.05, 3.63) is 59.6 Å². The van der Waals surface area contributed by atoms with Crippen molar-refractivity contribution >= 4 is 11.6 Å². The molecule has 0 bridgehead atoms. The van der Waals surface area contributed by atoms with E-state index in [1.165, 1.54) is 0 Å². The summed E-state index contributed by atoms with van der Waals surface area (Å²) in [5.74, 6) is 1.47. The van der Waals surface area contributed by atoms with Gasteiger partial charge < -0.3 is 29.9 Å². The molecule has 2 aromatic rings. The molecule has 1 heterocycles. The van der Waals surface area contributed by atoms with Gasteiger partial charge in [0, 0.05) is 24.2 Å². The SMILES string of the molecule is OC(CNC1CCN(CC(O)COc2ccc(Cl)cc2)CC1)COc1ccccc1. The van der Waals surface area contributed by atoms with Crippen molar-refractivity contribution in [3.8, 4) is 11.5 Å². The molecule has 164 valence electrons. The van der Waals surface area contributed by atoms with Crippen LogP contribution in [0.1, 0.15) is 12.8 Å². The van der Waals surface area contributed by atoms with Crippen LogP contribution in [0.3, 0.4) is 0 Å². The number of halogens is 1. The van der Waals surface area contributed by atoms with Crippen molar-refractivity contribution in [3.63, 3.8) is 0 Å². The summed E-state index contributed by atoms with van der Waals surface area (Å²) in [6.45, 7) is 3.45. The fourth-order valence-corrected chi connectivity index (χ4v) is 3.59. The molecule has 30 heavy (non-hydrogen) atoms. The number of ether oxygens (including phenoxy) is 2. The minimum Gasteiger partial charge on any atom is -0.491 e. The lowest BCUT2D eigenvalue weighted by Gasteiger charge is -2.33. The zero-order chi connectivity index (χ0) is 21.2. The van der Waals surface area contributed by atoms with Gasteiger partial charge in [0.25, 0.3) is 0 Å². The molecule has 6 nitrogen and oxygen atoms in total. The molecule has 1 fully saturated rings. The van der Waals surface area contributed by atoms with E-state index >= 15 is 0 Å². The summed E-state index contributed by atoms with van der Waals surface area (Å²) in [6, 6.07) is 17.0. The first kappa shape index (κ1) is 22.8. The average Bonchev–Trinajstić information content (AvgIpc) is 2.77. The summed E-state index contributed by atoms with van der Waals surface area (Å²) >= 11 is 5.86. The summed E-state index contributed by atoms with van der Waals surface area (Å²) < 4.78 is 11.2. The highest BCUT2D eigenvalue weighted by Gasteiger charge is 2.21.